The first-order valence-electron chi connectivity index (χ1n) is 20.0. The summed E-state index contributed by atoms with van der Waals surface area (Å²) in [6, 6.07) is 50.8. The highest BCUT2D eigenvalue weighted by Gasteiger charge is 2.28. The highest BCUT2D eigenvalue weighted by Crippen LogP contribution is 2.43. The molecular formula is C52H60N2O2. The lowest BCUT2D eigenvalue weighted by atomic mass is 9.79. The van der Waals surface area contributed by atoms with Crippen molar-refractivity contribution in [2.45, 2.75) is 77.3 Å². The summed E-state index contributed by atoms with van der Waals surface area (Å²) in [6.07, 6.45) is 0. The van der Waals surface area contributed by atoms with Crippen LogP contribution in [0, 0.1) is 0 Å². The molecule has 0 spiro atoms. The molecule has 0 heterocycles. The van der Waals surface area contributed by atoms with Crippen molar-refractivity contribution in [2.24, 2.45) is 0 Å². The van der Waals surface area contributed by atoms with E-state index in [2.05, 4.69) is 187 Å². The number of likely N-dealkylation sites (N-methyl/N-ethyl adjacent to an activating group) is 2. The summed E-state index contributed by atoms with van der Waals surface area (Å²) in [5.41, 5.74) is 10.6. The largest absolute Gasteiger partial charge is 0.507 e. The number of hydrogen-bond acceptors (Lipinski definition) is 4. The van der Waals surface area contributed by atoms with Crippen molar-refractivity contribution >= 4 is 0 Å². The molecule has 0 saturated heterocycles. The zero-order valence-electron chi connectivity index (χ0n) is 34.6. The van der Waals surface area contributed by atoms with Gasteiger partial charge in [-0.3, -0.25) is 0 Å². The van der Waals surface area contributed by atoms with Crippen molar-refractivity contribution in [3.8, 4) is 11.5 Å². The van der Waals surface area contributed by atoms with Crippen LogP contribution in [0.4, 0.5) is 0 Å². The molecule has 6 rings (SSSR count). The first kappa shape index (κ1) is 40.5. The van der Waals surface area contributed by atoms with Crippen LogP contribution in [0.1, 0.15) is 109 Å². The van der Waals surface area contributed by atoms with Crippen LogP contribution in [0.3, 0.4) is 0 Å². The predicted molar refractivity (Wildman–Crippen MR) is 234 cm³/mol. The van der Waals surface area contributed by atoms with Crippen LogP contribution in [-0.2, 0) is 23.9 Å². The average molecular weight is 745 g/mol. The van der Waals surface area contributed by atoms with Crippen molar-refractivity contribution < 1.29 is 10.2 Å². The average Bonchev–Trinajstić information content (AvgIpc) is 3.18. The third kappa shape index (κ3) is 9.61. The summed E-state index contributed by atoms with van der Waals surface area (Å²) in [5.74, 6) is 0.525. The second kappa shape index (κ2) is 17.3. The molecule has 0 aliphatic carbocycles. The molecule has 0 saturated carbocycles. The van der Waals surface area contributed by atoms with E-state index in [1.165, 1.54) is 11.1 Å². The van der Waals surface area contributed by atoms with Gasteiger partial charge in [-0.2, -0.15) is 0 Å². The summed E-state index contributed by atoms with van der Waals surface area (Å²) in [4.78, 5) is 4.58. The topological polar surface area (TPSA) is 46.9 Å². The van der Waals surface area contributed by atoms with Gasteiger partial charge in [0.2, 0.25) is 0 Å². The van der Waals surface area contributed by atoms with Crippen molar-refractivity contribution in [2.75, 3.05) is 27.2 Å². The zero-order valence-corrected chi connectivity index (χ0v) is 34.6. The van der Waals surface area contributed by atoms with Crippen LogP contribution >= 0.6 is 0 Å². The number of phenolic OH excluding ortho intramolecular Hbond substituents is 2. The smallest absolute Gasteiger partial charge is 0.124 e. The molecule has 0 aliphatic rings. The minimum absolute atomic E-state index is 0.0975. The minimum atomic E-state index is -0.101. The molecule has 56 heavy (non-hydrogen) atoms. The van der Waals surface area contributed by atoms with Gasteiger partial charge in [-0.25, -0.2) is 0 Å². The Bertz CT molecular complexity index is 1930. The molecule has 0 unspecified atom stereocenters. The quantitative estimate of drug-likeness (QED) is 0.116. The van der Waals surface area contributed by atoms with E-state index < -0.39 is 0 Å². The van der Waals surface area contributed by atoms with Gasteiger partial charge in [0, 0.05) is 60.3 Å². The molecule has 290 valence electrons. The fourth-order valence-electron chi connectivity index (χ4n) is 7.75. The van der Waals surface area contributed by atoms with Gasteiger partial charge >= 0.3 is 0 Å². The molecule has 0 atom stereocenters. The van der Waals surface area contributed by atoms with Gasteiger partial charge in [-0.15, -0.1) is 0 Å². The van der Waals surface area contributed by atoms with Gasteiger partial charge < -0.3 is 20.0 Å². The number of aromatic hydroxyl groups is 2. The zero-order chi connectivity index (χ0) is 40.0. The van der Waals surface area contributed by atoms with Crippen molar-refractivity contribution in [1.82, 2.24) is 9.80 Å². The first-order chi connectivity index (χ1) is 26.7. The van der Waals surface area contributed by atoms with Crippen LogP contribution in [-0.4, -0.2) is 47.2 Å². The summed E-state index contributed by atoms with van der Waals surface area (Å²) in [6.45, 7) is 16.2. The fraction of sp³-hybridized carbons (Fsp3) is 0.308. The molecule has 0 aliphatic heterocycles. The third-order valence-electron chi connectivity index (χ3n) is 11.1. The van der Waals surface area contributed by atoms with E-state index in [1.807, 2.05) is 24.3 Å². The maximum Gasteiger partial charge on any atom is 0.124 e. The van der Waals surface area contributed by atoms with Crippen molar-refractivity contribution in [3.05, 3.63) is 201 Å². The Morgan fingerprint density at radius 3 is 0.946 bits per heavy atom. The Morgan fingerprint density at radius 2 is 0.696 bits per heavy atom. The van der Waals surface area contributed by atoms with Gasteiger partial charge in [0.1, 0.15) is 11.5 Å². The Balaban J connectivity index is 1.26. The van der Waals surface area contributed by atoms with Gasteiger partial charge in [0.05, 0.1) is 0 Å². The standard InChI is InChI=1S/C52H60N2O2/c1-51(2,3)43-31-41(49(55)45(33-43)47(37-21-13-9-14-22-37)38-23-15-10-16-24-38)35-53(7)29-30-54(8)36-42-32-44(52(4,5)6)34-46(50(42)56)48(39-25-17-11-18-26-39)40-27-19-12-20-28-40/h9-28,31-34,47-48,55-56H,29-30,35-36H2,1-8H3. The SMILES string of the molecule is CN(CCN(C)Cc1cc(C(C)(C)C)cc(C(c2ccccc2)c2ccccc2)c1O)Cc1cc(C(C)(C)C)cc(C(c2ccccc2)c2ccccc2)c1O. The molecule has 6 aromatic carbocycles. The summed E-state index contributed by atoms with van der Waals surface area (Å²) < 4.78 is 0. The second-order valence-electron chi connectivity index (χ2n) is 17.6. The number of rotatable bonds is 13. The van der Waals surface area contributed by atoms with E-state index in [0.29, 0.717) is 24.6 Å². The van der Waals surface area contributed by atoms with Crippen LogP contribution in [0.25, 0.3) is 0 Å². The fourth-order valence-corrected chi connectivity index (χ4v) is 7.75. The van der Waals surface area contributed by atoms with Gasteiger partial charge in [0.15, 0.2) is 0 Å². The maximum absolute atomic E-state index is 12.1. The predicted octanol–water partition coefficient (Wildman–Crippen LogP) is 11.6. The van der Waals surface area contributed by atoms with E-state index in [4.69, 9.17) is 0 Å². The van der Waals surface area contributed by atoms with Gasteiger partial charge in [-0.1, -0.05) is 187 Å². The molecular weight excluding hydrogens is 685 g/mol. The molecule has 0 aromatic heterocycles. The molecule has 4 heteroatoms. The monoisotopic (exact) mass is 744 g/mol. The number of benzene rings is 6. The maximum atomic E-state index is 12.1. The number of phenols is 2. The molecule has 2 N–H and O–H groups in total. The Morgan fingerprint density at radius 1 is 0.429 bits per heavy atom. The van der Waals surface area contributed by atoms with Gasteiger partial charge in [-0.05, 0) is 58.3 Å². The number of hydrogen-bond donors (Lipinski definition) is 2. The minimum Gasteiger partial charge on any atom is -0.507 e. The lowest BCUT2D eigenvalue weighted by Crippen LogP contribution is -2.30. The van der Waals surface area contributed by atoms with E-state index in [9.17, 15) is 10.2 Å². The van der Waals surface area contributed by atoms with Crippen molar-refractivity contribution in [1.29, 1.82) is 0 Å². The second-order valence-corrected chi connectivity index (χ2v) is 17.6. The molecule has 0 bridgehead atoms. The third-order valence-corrected chi connectivity index (χ3v) is 11.1. The Hall–Kier alpha value is -5.16. The van der Waals surface area contributed by atoms with E-state index in [1.54, 1.807) is 0 Å². The van der Waals surface area contributed by atoms with Crippen LogP contribution in [0.2, 0.25) is 0 Å². The van der Waals surface area contributed by atoms with Crippen molar-refractivity contribution in [3.63, 3.8) is 0 Å². The van der Waals surface area contributed by atoms with Gasteiger partial charge in [0.25, 0.3) is 0 Å². The highest BCUT2D eigenvalue weighted by atomic mass is 16.3. The molecule has 6 aromatic rings. The highest BCUT2D eigenvalue weighted by molar-refractivity contribution is 5.56. The van der Waals surface area contributed by atoms with E-state index in [-0.39, 0.29) is 22.7 Å². The molecule has 0 amide bonds. The lowest BCUT2D eigenvalue weighted by Gasteiger charge is -2.29. The molecule has 0 radical (unpaired) electrons. The molecule has 4 nitrogen and oxygen atoms in total. The Labute approximate surface area is 336 Å². The van der Waals surface area contributed by atoms with E-state index in [0.717, 1.165) is 57.6 Å². The normalized spacial score (nSPS) is 12.3. The summed E-state index contributed by atoms with van der Waals surface area (Å²) in [7, 11) is 4.26. The van der Waals surface area contributed by atoms with Crippen LogP contribution < -0.4 is 0 Å². The summed E-state index contributed by atoms with van der Waals surface area (Å²) >= 11 is 0. The van der Waals surface area contributed by atoms with Crippen LogP contribution in [0.15, 0.2) is 146 Å². The Kier molecular flexibility index (Phi) is 12.5. The lowest BCUT2D eigenvalue weighted by molar-refractivity contribution is 0.243. The molecule has 0 fully saturated rings. The number of nitrogens with zero attached hydrogens (tertiary/aromatic N) is 2. The van der Waals surface area contributed by atoms with Crippen LogP contribution in [0.5, 0.6) is 11.5 Å². The summed E-state index contributed by atoms with van der Waals surface area (Å²) in [5, 5.41) is 24.2. The van der Waals surface area contributed by atoms with E-state index >= 15 is 0 Å². The first-order valence-corrected chi connectivity index (χ1v) is 20.0.